The summed E-state index contributed by atoms with van der Waals surface area (Å²) in [5.74, 6) is 0.812. The number of imidazole rings is 1. The van der Waals surface area contributed by atoms with Crippen LogP contribution in [0.4, 0.5) is 5.69 Å². The van der Waals surface area contributed by atoms with Crippen LogP contribution in [0.3, 0.4) is 0 Å². The molecule has 0 aliphatic heterocycles. The normalized spacial score (nSPS) is 14.8. The van der Waals surface area contributed by atoms with E-state index in [2.05, 4.69) is 34.3 Å². The molecule has 1 N–H and O–H groups in total. The number of pyridine rings is 1. The summed E-state index contributed by atoms with van der Waals surface area (Å²) < 4.78 is 1.94. The molecule has 5 heteroatoms. The fourth-order valence-corrected chi connectivity index (χ4v) is 3.71. The zero-order chi connectivity index (χ0) is 19.1. The summed E-state index contributed by atoms with van der Waals surface area (Å²) in [6.07, 6.45) is 5.24. The van der Waals surface area contributed by atoms with Gasteiger partial charge in [-0.05, 0) is 49.6 Å². The molecule has 1 fully saturated rings. The fourth-order valence-electron chi connectivity index (χ4n) is 3.71. The number of nitrogens with zero attached hydrogens (tertiary/aromatic N) is 3. The number of anilines is 1. The molecular formula is C23H20N4O. The Morgan fingerprint density at radius 1 is 1.04 bits per heavy atom. The van der Waals surface area contributed by atoms with Crippen LogP contribution in [0.1, 0.15) is 24.0 Å². The first kappa shape index (κ1) is 16.7. The summed E-state index contributed by atoms with van der Waals surface area (Å²) in [5.41, 5.74) is 4.51. The molecule has 2 aromatic carbocycles. The number of carbonyl (C=O) groups is 1. The molecule has 0 atom stereocenters. The maximum absolute atomic E-state index is 12.9. The second kappa shape index (κ2) is 6.30. The third kappa shape index (κ3) is 2.76. The predicted molar refractivity (Wildman–Crippen MR) is 110 cm³/mol. The first-order valence-electron chi connectivity index (χ1n) is 9.43. The van der Waals surface area contributed by atoms with Crippen molar-refractivity contribution < 1.29 is 4.79 Å². The summed E-state index contributed by atoms with van der Waals surface area (Å²) in [6, 6.07) is 20.0. The molecule has 0 bridgehead atoms. The van der Waals surface area contributed by atoms with E-state index in [1.165, 1.54) is 5.56 Å². The lowest BCUT2D eigenvalue weighted by Gasteiger charge is -2.16. The molecule has 138 valence electrons. The topological polar surface area (TPSA) is 59.8 Å². The van der Waals surface area contributed by atoms with Gasteiger partial charge in [-0.1, -0.05) is 42.0 Å². The smallest absolute Gasteiger partial charge is 0.235 e. The standard InChI is InChI=1S/C23H20N4O/c1-16-5-4-6-17(13-16)23(11-12-23)22(28)26-18-9-10-21(24-14-18)27-15-25-19-7-2-3-8-20(19)27/h2-10,13-15H,11-12H2,1H3,(H,26,28). The third-order valence-corrected chi connectivity index (χ3v) is 5.46. The van der Waals surface area contributed by atoms with Crippen molar-refractivity contribution in [3.8, 4) is 5.82 Å². The average Bonchev–Trinajstić information content (AvgIpc) is 3.43. The number of carbonyl (C=O) groups excluding carboxylic acids is 1. The van der Waals surface area contributed by atoms with E-state index < -0.39 is 5.41 Å². The van der Waals surface area contributed by atoms with Gasteiger partial charge in [0.25, 0.3) is 0 Å². The quantitative estimate of drug-likeness (QED) is 0.581. The summed E-state index contributed by atoms with van der Waals surface area (Å²) in [7, 11) is 0. The highest BCUT2D eigenvalue weighted by molar-refractivity contribution is 6.01. The highest BCUT2D eigenvalue weighted by Gasteiger charge is 2.51. The van der Waals surface area contributed by atoms with E-state index in [9.17, 15) is 4.79 Å². The largest absolute Gasteiger partial charge is 0.324 e. The van der Waals surface area contributed by atoms with Gasteiger partial charge in [0, 0.05) is 0 Å². The van der Waals surface area contributed by atoms with E-state index in [-0.39, 0.29) is 5.91 Å². The van der Waals surface area contributed by atoms with Gasteiger partial charge in [0.2, 0.25) is 5.91 Å². The molecule has 0 spiro atoms. The summed E-state index contributed by atoms with van der Waals surface area (Å²) in [6.45, 7) is 2.06. The van der Waals surface area contributed by atoms with Crippen LogP contribution in [0.15, 0.2) is 73.2 Å². The van der Waals surface area contributed by atoms with Gasteiger partial charge in [0.15, 0.2) is 0 Å². The highest BCUT2D eigenvalue weighted by atomic mass is 16.2. The molecule has 1 aliphatic carbocycles. The Bertz CT molecular complexity index is 1170. The minimum atomic E-state index is -0.398. The molecule has 0 saturated heterocycles. The number of hydrogen-bond donors (Lipinski definition) is 1. The second-order valence-corrected chi connectivity index (χ2v) is 7.41. The minimum Gasteiger partial charge on any atom is -0.324 e. The van der Waals surface area contributed by atoms with Crippen LogP contribution in [0.25, 0.3) is 16.9 Å². The Morgan fingerprint density at radius 2 is 1.89 bits per heavy atom. The zero-order valence-electron chi connectivity index (χ0n) is 15.6. The predicted octanol–water partition coefficient (Wildman–Crippen LogP) is 4.40. The van der Waals surface area contributed by atoms with E-state index in [0.29, 0.717) is 5.69 Å². The first-order valence-corrected chi connectivity index (χ1v) is 9.43. The molecule has 5 rings (SSSR count). The lowest BCUT2D eigenvalue weighted by molar-refractivity contribution is -0.118. The fraction of sp³-hybridized carbons (Fsp3) is 0.174. The number of nitrogens with one attached hydrogen (secondary N) is 1. The molecule has 1 amide bonds. The van der Waals surface area contributed by atoms with Crippen LogP contribution in [-0.4, -0.2) is 20.4 Å². The van der Waals surface area contributed by atoms with Gasteiger partial charge in [0.1, 0.15) is 12.1 Å². The van der Waals surface area contributed by atoms with Gasteiger partial charge in [-0.25, -0.2) is 9.97 Å². The van der Waals surface area contributed by atoms with Crippen LogP contribution < -0.4 is 5.32 Å². The lowest BCUT2D eigenvalue weighted by atomic mass is 9.93. The maximum atomic E-state index is 12.9. The lowest BCUT2D eigenvalue weighted by Crippen LogP contribution is -2.27. The van der Waals surface area contributed by atoms with Crippen molar-refractivity contribution in [1.82, 2.24) is 14.5 Å². The SMILES string of the molecule is Cc1cccc(C2(C(=O)Nc3ccc(-n4cnc5ccccc54)nc3)CC2)c1. The van der Waals surface area contributed by atoms with Crippen molar-refractivity contribution in [3.05, 3.63) is 84.3 Å². The number of aromatic nitrogens is 3. The van der Waals surface area contributed by atoms with E-state index in [0.717, 1.165) is 35.3 Å². The number of rotatable bonds is 4. The number of aryl methyl sites for hydroxylation is 1. The Morgan fingerprint density at radius 3 is 2.64 bits per heavy atom. The van der Waals surface area contributed by atoms with Gasteiger partial charge in [-0.15, -0.1) is 0 Å². The van der Waals surface area contributed by atoms with E-state index in [1.54, 1.807) is 12.5 Å². The van der Waals surface area contributed by atoms with E-state index >= 15 is 0 Å². The molecule has 2 heterocycles. The van der Waals surface area contributed by atoms with Crippen molar-refractivity contribution in [2.75, 3.05) is 5.32 Å². The van der Waals surface area contributed by atoms with Crippen molar-refractivity contribution in [3.63, 3.8) is 0 Å². The third-order valence-electron chi connectivity index (χ3n) is 5.46. The van der Waals surface area contributed by atoms with E-state index in [1.807, 2.05) is 53.1 Å². The zero-order valence-corrected chi connectivity index (χ0v) is 15.6. The van der Waals surface area contributed by atoms with Gasteiger partial charge in [-0.3, -0.25) is 9.36 Å². The number of para-hydroxylation sites is 2. The Balaban J connectivity index is 1.37. The maximum Gasteiger partial charge on any atom is 0.235 e. The van der Waals surface area contributed by atoms with Crippen molar-refractivity contribution >= 4 is 22.6 Å². The van der Waals surface area contributed by atoms with Crippen molar-refractivity contribution in [2.24, 2.45) is 0 Å². The molecule has 5 nitrogen and oxygen atoms in total. The Kier molecular flexibility index (Phi) is 3.76. The van der Waals surface area contributed by atoms with Gasteiger partial charge in [-0.2, -0.15) is 0 Å². The molecule has 4 aromatic rings. The number of amides is 1. The van der Waals surface area contributed by atoms with Crippen LogP contribution in [0, 0.1) is 6.92 Å². The average molecular weight is 368 g/mol. The van der Waals surface area contributed by atoms with Crippen LogP contribution in [0.2, 0.25) is 0 Å². The molecular weight excluding hydrogens is 348 g/mol. The summed E-state index contributed by atoms with van der Waals surface area (Å²) >= 11 is 0. The van der Waals surface area contributed by atoms with Gasteiger partial charge >= 0.3 is 0 Å². The Labute approximate surface area is 163 Å². The number of fused-ring (bicyclic) bond motifs is 1. The first-order chi connectivity index (χ1) is 13.7. The highest BCUT2D eigenvalue weighted by Crippen LogP contribution is 2.49. The molecule has 28 heavy (non-hydrogen) atoms. The summed E-state index contributed by atoms with van der Waals surface area (Å²) in [5, 5.41) is 3.05. The van der Waals surface area contributed by atoms with Gasteiger partial charge in [0.05, 0.1) is 28.3 Å². The van der Waals surface area contributed by atoms with Gasteiger partial charge < -0.3 is 5.32 Å². The summed E-state index contributed by atoms with van der Waals surface area (Å²) in [4.78, 5) is 21.9. The molecule has 0 unspecified atom stereocenters. The number of benzene rings is 2. The second-order valence-electron chi connectivity index (χ2n) is 7.41. The van der Waals surface area contributed by atoms with Crippen LogP contribution in [0.5, 0.6) is 0 Å². The number of hydrogen-bond acceptors (Lipinski definition) is 3. The molecule has 1 aliphatic rings. The van der Waals surface area contributed by atoms with Crippen molar-refractivity contribution in [2.45, 2.75) is 25.2 Å². The Hall–Kier alpha value is -3.47. The monoisotopic (exact) mass is 368 g/mol. The molecule has 2 aromatic heterocycles. The van der Waals surface area contributed by atoms with Crippen LogP contribution in [-0.2, 0) is 10.2 Å². The van der Waals surface area contributed by atoms with Crippen molar-refractivity contribution in [1.29, 1.82) is 0 Å². The van der Waals surface area contributed by atoms with Crippen LogP contribution >= 0.6 is 0 Å². The molecule has 0 radical (unpaired) electrons. The molecule has 1 saturated carbocycles. The minimum absolute atomic E-state index is 0.0423. The van der Waals surface area contributed by atoms with E-state index in [4.69, 9.17) is 0 Å².